The number of aromatic nitrogens is 1. The Labute approximate surface area is 420 Å². The van der Waals surface area contributed by atoms with Crippen LogP contribution in [0.1, 0.15) is 49.8 Å². The molecule has 0 spiro atoms. The fourth-order valence-electron chi connectivity index (χ4n) is 7.73. The van der Waals surface area contributed by atoms with Gasteiger partial charge in [-0.1, -0.05) is 100 Å². The molecule has 10 atom stereocenters. The predicted octanol–water partition coefficient (Wildman–Crippen LogP) is -0.805. The second-order valence-corrected chi connectivity index (χ2v) is 20.0. The van der Waals surface area contributed by atoms with E-state index in [9.17, 15) is 48.9 Å². The van der Waals surface area contributed by atoms with Crippen molar-refractivity contribution in [1.82, 2.24) is 42.2 Å². The lowest BCUT2D eigenvalue weighted by molar-refractivity contribution is -0.136. The van der Waals surface area contributed by atoms with Crippen molar-refractivity contribution in [2.45, 2.75) is 113 Å². The summed E-state index contributed by atoms with van der Waals surface area (Å²) in [5.74, 6) is -6.01. The third kappa shape index (κ3) is 17.1. The van der Waals surface area contributed by atoms with E-state index in [1.165, 1.54) is 13.8 Å². The van der Waals surface area contributed by atoms with Crippen molar-refractivity contribution < 1.29 is 48.9 Å². The van der Waals surface area contributed by atoms with Crippen LogP contribution >= 0.6 is 21.6 Å². The van der Waals surface area contributed by atoms with Gasteiger partial charge in [0.2, 0.25) is 41.4 Å². The number of aromatic amines is 1. The standard InChI is InChI=1S/C49H66N10O10S2/c1-28(61)39(25-60)56-48(68)41-27-71-70-26-40(57-43(63)34(51)21-30-13-5-3-6-14-30)47(67)54-37(22-31-15-7-4-8-16-31)45(65)55-38(23-32-24-52-35-18-10-9-17-33(32)35)46(66)53-36(19-11-12-20-50)44(64)59-42(29(2)62)49(69)58-41/h3-10,13-18,24,28-29,34,36-42,52,60-62H,11-12,19-23,25-27,50-51H2,1-2H3,(H,53,66)(H,54,67)(H,55,65)(H,56,68)(H,57,63)(H,58,69)(H,59,64)/t28-,29-,34-,36+,37+,38-,39-,40+,41-,42+/m1/s1. The van der Waals surface area contributed by atoms with Gasteiger partial charge in [0, 0.05) is 41.4 Å². The summed E-state index contributed by atoms with van der Waals surface area (Å²) in [6.07, 6.45) is -0.156. The van der Waals surface area contributed by atoms with Crippen LogP contribution in [0.3, 0.4) is 0 Å². The second kappa shape index (κ2) is 28.1. The number of carbonyl (C=O) groups is 7. The van der Waals surface area contributed by atoms with Gasteiger partial charge in [-0.25, -0.2) is 0 Å². The fourth-order valence-corrected chi connectivity index (χ4v) is 10.1. The van der Waals surface area contributed by atoms with Crippen LogP contribution in [0.2, 0.25) is 0 Å². The van der Waals surface area contributed by atoms with Crippen molar-refractivity contribution in [3.05, 3.63) is 108 Å². The summed E-state index contributed by atoms with van der Waals surface area (Å²) >= 11 is 0. The van der Waals surface area contributed by atoms with Crippen LogP contribution < -0.4 is 48.7 Å². The van der Waals surface area contributed by atoms with Crippen LogP contribution in [0.15, 0.2) is 91.1 Å². The highest BCUT2D eigenvalue weighted by molar-refractivity contribution is 8.76. The maximum absolute atomic E-state index is 14.7. The van der Waals surface area contributed by atoms with Gasteiger partial charge in [0.05, 0.1) is 30.9 Å². The zero-order valence-electron chi connectivity index (χ0n) is 39.7. The molecule has 1 saturated heterocycles. The summed E-state index contributed by atoms with van der Waals surface area (Å²) in [6, 6.07) is 14.6. The molecule has 20 nitrogen and oxygen atoms in total. The topological polar surface area (TPSA) is 332 Å². The first kappa shape index (κ1) is 55.9. The fraction of sp³-hybridized carbons (Fsp3) is 0.449. The van der Waals surface area contributed by atoms with Crippen LogP contribution in [0, 0.1) is 0 Å². The molecule has 1 fully saturated rings. The van der Waals surface area contributed by atoms with Gasteiger partial charge in [-0.3, -0.25) is 33.6 Å². The molecule has 384 valence electrons. The summed E-state index contributed by atoms with van der Waals surface area (Å²) in [5, 5.41) is 50.5. The van der Waals surface area contributed by atoms with Gasteiger partial charge < -0.3 is 69.0 Å². The smallest absolute Gasteiger partial charge is 0.245 e. The number of hydrogen-bond donors (Lipinski definition) is 13. The van der Waals surface area contributed by atoms with Crippen molar-refractivity contribution in [3.63, 3.8) is 0 Å². The minimum Gasteiger partial charge on any atom is -0.394 e. The van der Waals surface area contributed by atoms with Gasteiger partial charge >= 0.3 is 0 Å². The molecule has 0 aliphatic carbocycles. The SMILES string of the molecule is C[C@@H](O)[C@@H]1NC(=O)[C@H](CCCCN)NC(=O)[C@@H](Cc2c[nH]c3ccccc23)NC(=O)[C@H](Cc2ccccc2)NC(=O)[C@@H](NC(=O)[C@H](N)Cc2ccccc2)CSSC[C@H](C(=O)N[C@H](CO)[C@@H](C)O)NC1=O. The number of nitrogens with one attached hydrogen (secondary N) is 8. The normalized spacial score (nSPS) is 22.8. The first-order chi connectivity index (χ1) is 34.1. The largest absolute Gasteiger partial charge is 0.394 e. The number of benzene rings is 3. The molecule has 2 heterocycles. The molecule has 7 amide bonds. The molecule has 0 unspecified atom stereocenters. The number of amides is 7. The van der Waals surface area contributed by atoms with Gasteiger partial charge in [0.1, 0.15) is 36.3 Å². The summed E-state index contributed by atoms with van der Waals surface area (Å²) in [5.41, 5.74) is 15.0. The van der Waals surface area contributed by atoms with Crippen molar-refractivity contribution in [2.24, 2.45) is 11.5 Å². The van der Waals surface area contributed by atoms with Gasteiger partial charge in [0.15, 0.2) is 0 Å². The lowest BCUT2D eigenvalue weighted by Crippen LogP contribution is -2.62. The molecule has 1 aliphatic heterocycles. The Morgan fingerprint density at radius 2 is 1.31 bits per heavy atom. The number of H-pyrrole nitrogens is 1. The van der Waals surface area contributed by atoms with Crippen molar-refractivity contribution in [2.75, 3.05) is 24.7 Å². The number of rotatable bonds is 17. The van der Waals surface area contributed by atoms with Crippen molar-refractivity contribution in [3.8, 4) is 0 Å². The molecule has 1 aliphatic rings. The average Bonchev–Trinajstić information content (AvgIpc) is 3.76. The maximum Gasteiger partial charge on any atom is 0.245 e. The lowest BCUT2D eigenvalue weighted by atomic mass is 10.0. The zero-order chi connectivity index (χ0) is 51.5. The molecule has 4 aromatic rings. The Balaban J connectivity index is 1.56. The van der Waals surface area contributed by atoms with Crippen LogP contribution in [0.4, 0.5) is 0 Å². The van der Waals surface area contributed by atoms with E-state index in [0.717, 1.165) is 38.1 Å². The average molecular weight is 1020 g/mol. The van der Waals surface area contributed by atoms with E-state index in [1.54, 1.807) is 60.8 Å². The molecule has 5 rings (SSSR count). The third-order valence-electron chi connectivity index (χ3n) is 11.9. The van der Waals surface area contributed by atoms with Crippen LogP contribution in [0.25, 0.3) is 10.9 Å². The minimum atomic E-state index is -1.66. The Hall–Kier alpha value is -6.01. The monoisotopic (exact) mass is 1020 g/mol. The van der Waals surface area contributed by atoms with Crippen molar-refractivity contribution in [1.29, 1.82) is 0 Å². The number of para-hydroxylation sites is 1. The van der Waals surface area contributed by atoms with E-state index in [-0.39, 0.29) is 43.7 Å². The number of hydrogen-bond acceptors (Lipinski definition) is 14. The lowest BCUT2D eigenvalue weighted by Gasteiger charge is -2.29. The summed E-state index contributed by atoms with van der Waals surface area (Å²) < 4.78 is 0. The van der Waals surface area contributed by atoms with Crippen LogP contribution in [-0.4, -0.2) is 147 Å². The molecule has 0 saturated carbocycles. The highest BCUT2D eigenvalue weighted by Crippen LogP contribution is 2.24. The van der Waals surface area contributed by atoms with E-state index >= 15 is 0 Å². The van der Waals surface area contributed by atoms with Gasteiger partial charge in [0.25, 0.3) is 0 Å². The third-order valence-corrected chi connectivity index (χ3v) is 14.3. The highest BCUT2D eigenvalue weighted by atomic mass is 33.1. The summed E-state index contributed by atoms with van der Waals surface area (Å²) in [6.45, 7) is 2.23. The molecule has 15 N–H and O–H groups in total. The Morgan fingerprint density at radius 3 is 1.96 bits per heavy atom. The van der Waals surface area contributed by atoms with E-state index in [2.05, 4.69) is 42.2 Å². The number of carbonyl (C=O) groups excluding carboxylic acids is 7. The molecular weight excluding hydrogens is 953 g/mol. The number of aliphatic hydroxyl groups is 3. The molecule has 3 aromatic carbocycles. The Kier molecular flexibility index (Phi) is 22.2. The van der Waals surface area contributed by atoms with Crippen molar-refractivity contribution >= 4 is 73.8 Å². The Bertz CT molecular complexity index is 2400. The van der Waals surface area contributed by atoms with Gasteiger partial charge in [-0.05, 0) is 68.8 Å². The van der Waals surface area contributed by atoms with Gasteiger partial charge in [-0.15, -0.1) is 0 Å². The molecule has 22 heteroatoms. The first-order valence-corrected chi connectivity index (χ1v) is 26.0. The predicted molar refractivity (Wildman–Crippen MR) is 272 cm³/mol. The molecule has 0 bridgehead atoms. The van der Waals surface area contributed by atoms with E-state index in [4.69, 9.17) is 11.5 Å². The van der Waals surface area contributed by atoms with Crippen LogP contribution in [0.5, 0.6) is 0 Å². The number of fused-ring (bicyclic) bond motifs is 1. The first-order valence-electron chi connectivity index (χ1n) is 23.5. The minimum absolute atomic E-state index is 0.0340. The molecule has 0 radical (unpaired) electrons. The quantitative estimate of drug-likeness (QED) is 0.0455. The summed E-state index contributed by atoms with van der Waals surface area (Å²) in [7, 11) is 2.06. The van der Waals surface area contributed by atoms with Crippen LogP contribution in [-0.2, 0) is 52.8 Å². The Morgan fingerprint density at radius 1 is 0.718 bits per heavy atom. The van der Waals surface area contributed by atoms with E-state index in [0.29, 0.717) is 24.0 Å². The van der Waals surface area contributed by atoms with Gasteiger partial charge in [-0.2, -0.15) is 0 Å². The second-order valence-electron chi connectivity index (χ2n) is 17.5. The number of aliphatic hydroxyl groups excluding tert-OH is 3. The molecular formula is C49H66N10O10S2. The number of unbranched alkanes of at least 4 members (excludes halogenated alkanes) is 1. The zero-order valence-corrected chi connectivity index (χ0v) is 41.3. The maximum atomic E-state index is 14.7. The number of nitrogens with two attached hydrogens (primary N) is 2. The van der Waals surface area contributed by atoms with E-state index < -0.39 is 108 Å². The summed E-state index contributed by atoms with van der Waals surface area (Å²) in [4.78, 5) is 103. The molecule has 71 heavy (non-hydrogen) atoms. The van der Waals surface area contributed by atoms with E-state index in [1.807, 2.05) is 30.3 Å². The highest BCUT2D eigenvalue weighted by Gasteiger charge is 2.36. The molecule has 1 aromatic heterocycles.